The summed E-state index contributed by atoms with van der Waals surface area (Å²) in [6.07, 6.45) is 7.15. The number of hydrogen-bond donors (Lipinski definition) is 1. The first kappa shape index (κ1) is 25.1. The number of aliphatic hydroxyl groups is 1. The predicted molar refractivity (Wildman–Crippen MR) is 135 cm³/mol. The Labute approximate surface area is 211 Å². The molecule has 1 N–H and O–H groups in total. The molecule has 0 bridgehead atoms. The van der Waals surface area contributed by atoms with Crippen LogP contribution >= 0.6 is 23.2 Å². The molecule has 4 rings (SSSR count). The second kappa shape index (κ2) is 10.7. The summed E-state index contributed by atoms with van der Waals surface area (Å²) < 4.78 is 12.7. The summed E-state index contributed by atoms with van der Waals surface area (Å²) in [5, 5.41) is 13.0. The lowest BCUT2D eigenvalue weighted by atomic mass is 9.73. The van der Waals surface area contributed by atoms with Crippen LogP contribution in [0.2, 0.25) is 10.0 Å². The molecule has 5 nitrogen and oxygen atoms in total. The van der Waals surface area contributed by atoms with Crippen LogP contribution in [0.25, 0.3) is 0 Å². The van der Waals surface area contributed by atoms with Crippen molar-refractivity contribution in [2.75, 3.05) is 27.2 Å². The number of nitrogens with zero attached hydrogens (tertiary/aromatic N) is 2. The molecule has 0 saturated heterocycles. The van der Waals surface area contributed by atoms with Gasteiger partial charge in [0.05, 0.1) is 30.3 Å². The average Bonchev–Trinajstić information content (AvgIpc) is 3.30. The van der Waals surface area contributed by atoms with Gasteiger partial charge in [0.1, 0.15) is 25.4 Å². The standard InChI is InChI=1S/C27H33Cl2N2O3/c1-31(2,15-16-33-22-13-14-24(28)25(29)17-22)19-23-18-30-26(34-23)27(32,20-9-5-3-6-10-20)21-11-7-4-8-12-21/h3,5-6,9-10,13-14,17-18,21,32H,4,7-8,11-12,15-16,19H2,1-2H3/q+1/t27-/m0/s1. The monoisotopic (exact) mass is 503 g/mol. The Kier molecular flexibility index (Phi) is 7.88. The van der Waals surface area contributed by atoms with Gasteiger partial charge in [0.15, 0.2) is 11.4 Å². The molecule has 1 fully saturated rings. The van der Waals surface area contributed by atoms with Gasteiger partial charge in [-0.3, -0.25) is 0 Å². The van der Waals surface area contributed by atoms with Crippen molar-refractivity contribution < 1.29 is 18.7 Å². The van der Waals surface area contributed by atoms with Gasteiger partial charge in [0.25, 0.3) is 0 Å². The van der Waals surface area contributed by atoms with E-state index in [9.17, 15) is 5.11 Å². The van der Waals surface area contributed by atoms with Gasteiger partial charge in [0, 0.05) is 12.0 Å². The number of likely N-dealkylation sites (N-methyl/N-ethyl adjacent to an activating group) is 1. The molecule has 7 heteroatoms. The second-order valence-electron chi connectivity index (χ2n) is 9.84. The van der Waals surface area contributed by atoms with Gasteiger partial charge in [-0.1, -0.05) is 72.8 Å². The maximum atomic E-state index is 12.0. The van der Waals surface area contributed by atoms with E-state index in [4.69, 9.17) is 32.4 Å². The Balaban J connectivity index is 1.45. The summed E-state index contributed by atoms with van der Waals surface area (Å²) in [7, 11) is 4.23. The molecule has 0 unspecified atom stereocenters. The van der Waals surface area contributed by atoms with Crippen molar-refractivity contribution in [1.82, 2.24) is 4.98 Å². The fourth-order valence-electron chi connectivity index (χ4n) is 4.78. The van der Waals surface area contributed by atoms with Crippen molar-refractivity contribution in [3.8, 4) is 5.75 Å². The van der Waals surface area contributed by atoms with Crippen LogP contribution in [0.4, 0.5) is 0 Å². The maximum absolute atomic E-state index is 12.0. The molecule has 1 saturated carbocycles. The minimum atomic E-state index is -1.21. The first-order valence-electron chi connectivity index (χ1n) is 11.9. The Morgan fingerprint density at radius 1 is 1.06 bits per heavy atom. The number of oxazole rings is 1. The molecule has 182 valence electrons. The lowest BCUT2D eigenvalue weighted by Crippen LogP contribution is -2.42. The molecule has 1 aromatic heterocycles. The molecule has 0 spiro atoms. The topological polar surface area (TPSA) is 55.5 Å². The molecule has 0 aliphatic heterocycles. The minimum Gasteiger partial charge on any atom is -0.488 e. The van der Waals surface area contributed by atoms with E-state index in [-0.39, 0.29) is 5.92 Å². The number of aromatic nitrogens is 1. The molecule has 1 heterocycles. The Morgan fingerprint density at radius 2 is 1.79 bits per heavy atom. The average molecular weight is 504 g/mol. The molecule has 0 radical (unpaired) electrons. The number of ether oxygens (including phenoxy) is 1. The Hall–Kier alpha value is -2.05. The lowest BCUT2D eigenvalue weighted by molar-refractivity contribution is -0.904. The van der Waals surface area contributed by atoms with E-state index in [1.165, 1.54) is 6.42 Å². The normalized spacial score (nSPS) is 16.9. The number of quaternary nitrogens is 1. The zero-order valence-electron chi connectivity index (χ0n) is 19.8. The van der Waals surface area contributed by atoms with E-state index in [1.54, 1.807) is 18.3 Å². The molecule has 34 heavy (non-hydrogen) atoms. The molecule has 0 amide bonds. The third-order valence-electron chi connectivity index (χ3n) is 6.73. The van der Waals surface area contributed by atoms with Crippen molar-refractivity contribution in [3.05, 3.63) is 82.0 Å². The van der Waals surface area contributed by atoms with Crippen molar-refractivity contribution in [3.63, 3.8) is 0 Å². The van der Waals surface area contributed by atoms with Gasteiger partial charge in [-0.2, -0.15) is 0 Å². The van der Waals surface area contributed by atoms with Crippen LogP contribution in [-0.4, -0.2) is 41.8 Å². The van der Waals surface area contributed by atoms with Crippen LogP contribution < -0.4 is 4.74 Å². The van der Waals surface area contributed by atoms with E-state index in [2.05, 4.69) is 19.1 Å². The Morgan fingerprint density at radius 3 is 2.50 bits per heavy atom. The zero-order valence-corrected chi connectivity index (χ0v) is 21.4. The molecular weight excluding hydrogens is 471 g/mol. The summed E-state index contributed by atoms with van der Waals surface area (Å²) in [5.74, 6) is 1.93. The van der Waals surface area contributed by atoms with Crippen LogP contribution in [0.1, 0.15) is 49.3 Å². The molecule has 1 aliphatic rings. The van der Waals surface area contributed by atoms with Crippen molar-refractivity contribution in [2.24, 2.45) is 5.92 Å². The smallest absolute Gasteiger partial charge is 0.231 e. The highest BCUT2D eigenvalue weighted by molar-refractivity contribution is 6.42. The van der Waals surface area contributed by atoms with E-state index in [0.29, 0.717) is 39.3 Å². The summed E-state index contributed by atoms with van der Waals surface area (Å²) in [6.45, 7) is 1.90. The van der Waals surface area contributed by atoms with Crippen LogP contribution in [-0.2, 0) is 12.1 Å². The van der Waals surface area contributed by atoms with Gasteiger partial charge < -0.3 is 18.7 Å². The summed E-state index contributed by atoms with van der Waals surface area (Å²) >= 11 is 12.0. The number of benzene rings is 2. The van der Waals surface area contributed by atoms with Gasteiger partial charge in [-0.25, -0.2) is 4.98 Å². The van der Waals surface area contributed by atoms with Gasteiger partial charge in [0.2, 0.25) is 5.89 Å². The summed E-state index contributed by atoms with van der Waals surface area (Å²) in [4.78, 5) is 4.58. The van der Waals surface area contributed by atoms with E-state index in [1.807, 2.05) is 36.4 Å². The van der Waals surface area contributed by atoms with Gasteiger partial charge in [-0.15, -0.1) is 0 Å². The van der Waals surface area contributed by atoms with Crippen molar-refractivity contribution in [2.45, 2.75) is 44.2 Å². The lowest BCUT2D eigenvalue weighted by Gasteiger charge is -2.36. The van der Waals surface area contributed by atoms with Crippen molar-refractivity contribution >= 4 is 23.2 Å². The van der Waals surface area contributed by atoms with E-state index < -0.39 is 5.60 Å². The van der Waals surface area contributed by atoms with Crippen LogP contribution in [0.15, 0.2) is 59.1 Å². The summed E-state index contributed by atoms with van der Waals surface area (Å²) in [5.41, 5.74) is -0.368. The minimum absolute atomic E-state index is 0.0947. The molecule has 1 aliphatic carbocycles. The van der Waals surface area contributed by atoms with Gasteiger partial charge >= 0.3 is 0 Å². The largest absolute Gasteiger partial charge is 0.488 e. The second-order valence-corrected chi connectivity index (χ2v) is 10.7. The van der Waals surface area contributed by atoms with Crippen LogP contribution in [0.3, 0.4) is 0 Å². The first-order chi connectivity index (χ1) is 16.3. The molecule has 2 aromatic carbocycles. The molecular formula is C27H33Cl2N2O3+. The third-order valence-corrected chi connectivity index (χ3v) is 7.47. The number of hydrogen-bond acceptors (Lipinski definition) is 4. The van der Waals surface area contributed by atoms with E-state index >= 15 is 0 Å². The predicted octanol–water partition coefficient (Wildman–Crippen LogP) is 6.45. The van der Waals surface area contributed by atoms with Crippen LogP contribution in [0, 0.1) is 5.92 Å². The first-order valence-corrected chi connectivity index (χ1v) is 12.7. The van der Waals surface area contributed by atoms with Crippen molar-refractivity contribution in [1.29, 1.82) is 0 Å². The quantitative estimate of drug-likeness (QED) is 0.340. The van der Waals surface area contributed by atoms with Crippen LogP contribution in [0.5, 0.6) is 5.75 Å². The number of halogens is 2. The fraction of sp³-hybridized carbons (Fsp3) is 0.444. The highest BCUT2D eigenvalue weighted by atomic mass is 35.5. The maximum Gasteiger partial charge on any atom is 0.231 e. The Bertz CT molecular complexity index is 1080. The molecule has 3 aromatic rings. The van der Waals surface area contributed by atoms with Gasteiger partial charge in [-0.05, 0) is 30.5 Å². The zero-order chi connectivity index (χ0) is 24.2. The highest BCUT2D eigenvalue weighted by Gasteiger charge is 2.44. The fourth-order valence-corrected chi connectivity index (χ4v) is 5.07. The molecule has 1 atom stereocenters. The SMILES string of the molecule is C[N+](C)(CCOc1ccc(Cl)c(Cl)c1)Cc1cnc([C@](O)(c2ccccc2)C2CCCCC2)o1. The highest BCUT2D eigenvalue weighted by Crippen LogP contribution is 2.43. The summed E-state index contributed by atoms with van der Waals surface area (Å²) in [6, 6.07) is 15.1. The number of rotatable bonds is 9. The van der Waals surface area contributed by atoms with E-state index in [0.717, 1.165) is 43.6 Å². The third kappa shape index (κ3) is 5.77.